The number of hydrogen-bond donors (Lipinski definition) is 2. The van der Waals surface area contributed by atoms with Crippen LogP contribution in [-0.4, -0.2) is 44.4 Å². The minimum absolute atomic E-state index is 0.211. The van der Waals surface area contributed by atoms with Crippen molar-refractivity contribution in [2.24, 2.45) is 5.92 Å². The zero-order chi connectivity index (χ0) is 11.4. The molecule has 84 valence electrons. The van der Waals surface area contributed by atoms with Crippen molar-refractivity contribution in [2.45, 2.75) is 38.2 Å². The Morgan fingerprint density at radius 1 is 1.67 bits per heavy atom. The first-order chi connectivity index (χ1) is 7.00. The van der Waals surface area contributed by atoms with E-state index in [4.69, 9.17) is 0 Å². The van der Waals surface area contributed by atoms with Gasteiger partial charge in [0.2, 0.25) is 0 Å². The number of nitrogens with one attached hydrogen (secondary N) is 1. The van der Waals surface area contributed by atoms with Crippen molar-refractivity contribution >= 4 is 33.7 Å². The molecule has 0 aromatic carbocycles. The first-order valence-corrected chi connectivity index (χ1v) is 6.15. The highest BCUT2D eigenvalue weighted by Crippen LogP contribution is 2.25. The molecule has 0 bridgehead atoms. The van der Waals surface area contributed by atoms with E-state index in [1.165, 1.54) is 12.8 Å². The third kappa shape index (κ3) is 4.98. The van der Waals surface area contributed by atoms with Gasteiger partial charge in [0, 0.05) is 5.94 Å². The summed E-state index contributed by atoms with van der Waals surface area (Å²) in [5.74, 6) is 0.713. The molecule has 1 aliphatic carbocycles. The lowest BCUT2D eigenvalue weighted by atomic mass is 9.83. The molecule has 0 aliphatic heterocycles. The second-order valence-corrected chi connectivity index (χ2v) is 5.12. The molecule has 1 saturated carbocycles. The topological polar surface area (TPSA) is 32.3 Å². The van der Waals surface area contributed by atoms with Gasteiger partial charge in [-0.25, -0.2) is 0 Å². The first-order valence-electron chi connectivity index (χ1n) is 5.70. The fourth-order valence-electron chi connectivity index (χ4n) is 1.69. The number of carbonyl (C=O) groups is 1. The highest BCUT2D eigenvalue weighted by Gasteiger charge is 2.25. The van der Waals surface area contributed by atoms with Crippen molar-refractivity contribution in [3.63, 3.8) is 0 Å². The zero-order valence-corrected chi connectivity index (χ0v) is 10.8. The van der Waals surface area contributed by atoms with Crippen molar-refractivity contribution in [1.29, 1.82) is 0 Å². The lowest BCUT2D eigenvalue weighted by Crippen LogP contribution is -2.38. The maximum absolute atomic E-state index is 10.8. The van der Waals surface area contributed by atoms with Crippen molar-refractivity contribution < 1.29 is 4.79 Å². The van der Waals surface area contributed by atoms with Crippen LogP contribution in [0.3, 0.4) is 0 Å². The largest absolute Gasteiger partial charge is 0.352 e. The number of amides is 1. The Bertz CT molecular complexity index is 226. The molecule has 3 nitrogen and oxygen atoms in total. The summed E-state index contributed by atoms with van der Waals surface area (Å²) in [4.78, 5) is 13.2. The van der Waals surface area contributed by atoms with Gasteiger partial charge < -0.3 is 10.1 Å². The molecule has 0 heterocycles. The van der Waals surface area contributed by atoms with E-state index >= 15 is 0 Å². The van der Waals surface area contributed by atoms with Crippen molar-refractivity contribution in [3.8, 4) is 0 Å². The van der Waals surface area contributed by atoms with Gasteiger partial charge in [-0.1, -0.05) is 19.6 Å². The molecule has 6 heteroatoms. The van der Waals surface area contributed by atoms with Gasteiger partial charge in [-0.15, -0.1) is 0 Å². The number of rotatable bonds is 6. The van der Waals surface area contributed by atoms with Crippen LogP contribution in [0.1, 0.15) is 26.2 Å². The van der Waals surface area contributed by atoms with E-state index in [2.05, 4.69) is 37.7 Å². The van der Waals surface area contributed by atoms with Crippen LogP contribution in [0.2, 0.25) is 0 Å². The van der Waals surface area contributed by atoms with Crippen LogP contribution in [0.25, 0.3) is 0 Å². The second-order valence-electron chi connectivity index (χ2n) is 4.72. The Balaban J connectivity index is 2.15. The molecule has 1 amide bonds. The average molecular weight is 226 g/mol. The third-order valence-corrected chi connectivity index (χ3v) is 3.44. The van der Waals surface area contributed by atoms with Gasteiger partial charge in [-0.05, 0) is 37.8 Å². The molecule has 2 unspecified atom stereocenters. The molecule has 0 aromatic rings. The second kappa shape index (κ2) is 5.85. The highest BCUT2D eigenvalue weighted by molar-refractivity contribution is 7.96. The van der Waals surface area contributed by atoms with Gasteiger partial charge in [0.25, 0.3) is 5.24 Å². The molecular weight excluding hydrogens is 206 g/mol. The van der Waals surface area contributed by atoms with Gasteiger partial charge in [-0.3, -0.25) is 4.79 Å². The summed E-state index contributed by atoms with van der Waals surface area (Å²) in [5.41, 5.74) is 0. The first kappa shape index (κ1) is 13.0. The minimum Gasteiger partial charge on any atom is -0.352 e. The van der Waals surface area contributed by atoms with Crippen LogP contribution in [-0.2, 0) is 0 Å². The van der Waals surface area contributed by atoms with Crippen LogP contribution < -0.4 is 5.32 Å². The maximum Gasteiger partial charge on any atom is 0.275 e. The summed E-state index contributed by atoms with van der Waals surface area (Å²) in [5, 5.41) is 2.59. The quantitative estimate of drug-likeness (QED) is 0.478. The van der Waals surface area contributed by atoms with Crippen LogP contribution in [0.5, 0.6) is 0 Å². The SMILES string of the molecule is BC(NC(=O)S)C(C)CCN(B)C1CC1. The Kier molecular flexibility index (Phi) is 5.06. The molecule has 1 fully saturated rings. The van der Waals surface area contributed by atoms with E-state index in [-0.39, 0.29) is 11.2 Å². The Morgan fingerprint density at radius 3 is 2.73 bits per heavy atom. The van der Waals surface area contributed by atoms with Gasteiger partial charge in [-0.2, -0.15) is 0 Å². The fraction of sp³-hybridized carbons (Fsp3) is 0.889. The predicted octanol–water partition coefficient (Wildman–Crippen LogP) is -0.376. The summed E-state index contributed by atoms with van der Waals surface area (Å²) in [7, 11) is 4.22. The number of carbonyl (C=O) groups excluding carboxylic acids is 1. The summed E-state index contributed by atoms with van der Waals surface area (Å²) in [6.07, 6.45) is 3.84. The van der Waals surface area contributed by atoms with E-state index in [0.717, 1.165) is 19.0 Å². The van der Waals surface area contributed by atoms with Crippen LogP contribution >= 0.6 is 12.6 Å². The Labute approximate surface area is 99.6 Å². The molecule has 0 radical (unpaired) electrons. The number of thiol groups is 1. The molecule has 0 aromatic heterocycles. The average Bonchev–Trinajstić information content (AvgIpc) is 2.95. The Hall–Kier alpha value is -0.0901. The van der Waals surface area contributed by atoms with Crippen molar-refractivity contribution in [2.75, 3.05) is 6.54 Å². The Morgan fingerprint density at radius 2 is 2.27 bits per heavy atom. The molecule has 0 spiro atoms. The summed E-state index contributed by atoms with van der Waals surface area (Å²) < 4.78 is 0. The summed E-state index contributed by atoms with van der Waals surface area (Å²) in [6, 6.07) is 0.826. The molecular formula is C9H20B2N2OS. The van der Waals surface area contributed by atoms with Crippen LogP contribution in [0, 0.1) is 5.92 Å². The summed E-state index contributed by atoms with van der Waals surface area (Å²) in [6.45, 7) is 3.30. The predicted molar refractivity (Wildman–Crippen MR) is 71.9 cm³/mol. The maximum atomic E-state index is 10.8. The minimum atomic E-state index is -0.232. The molecule has 0 saturated heterocycles. The van der Waals surface area contributed by atoms with Gasteiger partial charge in [0.15, 0.2) is 7.98 Å². The van der Waals surface area contributed by atoms with Crippen LogP contribution in [0.15, 0.2) is 0 Å². The molecule has 1 aliphatic rings. The van der Waals surface area contributed by atoms with Crippen LogP contribution in [0.4, 0.5) is 4.79 Å². The smallest absolute Gasteiger partial charge is 0.275 e. The van der Waals surface area contributed by atoms with E-state index in [0.29, 0.717) is 5.92 Å². The molecule has 15 heavy (non-hydrogen) atoms. The highest BCUT2D eigenvalue weighted by atomic mass is 32.1. The summed E-state index contributed by atoms with van der Waals surface area (Å²) >= 11 is 3.72. The van der Waals surface area contributed by atoms with E-state index in [1.54, 1.807) is 0 Å². The molecule has 2 atom stereocenters. The number of nitrogens with zero attached hydrogens (tertiary/aromatic N) is 1. The van der Waals surface area contributed by atoms with E-state index < -0.39 is 0 Å². The monoisotopic (exact) mass is 226 g/mol. The standard InChI is InChI=1S/C9H20B2N2OS/c1-6(8(10)12-9(14)15)4-5-13(11)7-2-3-7/h6-8H,2-5,10-11H2,1H3,(H2,12,14,15). The van der Waals surface area contributed by atoms with Gasteiger partial charge in [0.05, 0.1) is 0 Å². The van der Waals surface area contributed by atoms with E-state index in [1.807, 2.05) is 7.85 Å². The third-order valence-electron chi connectivity index (χ3n) is 3.31. The lowest BCUT2D eigenvalue weighted by Gasteiger charge is -2.23. The zero-order valence-electron chi connectivity index (χ0n) is 9.86. The van der Waals surface area contributed by atoms with Crippen molar-refractivity contribution in [1.82, 2.24) is 10.1 Å². The normalized spacial score (nSPS) is 19.9. The van der Waals surface area contributed by atoms with E-state index in [9.17, 15) is 4.79 Å². The lowest BCUT2D eigenvalue weighted by molar-refractivity contribution is 0.256. The molecule has 1 N–H and O–H groups in total. The fourth-order valence-corrected chi connectivity index (χ4v) is 1.90. The van der Waals surface area contributed by atoms with Crippen molar-refractivity contribution in [3.05, 3.63) is 0 Å². The van der Waals surface area contributed by atoms with Gasteiger partial charge >= 0.3 is 0 Å². The molecule has 1 rings (SSSR count). The van der Waals surface area contributed by atoms with Gasteiger partial charge in [0.1, 0.15) is 7.85 Å². The number of hydrogen-bond acceptors (Lipinski definition) is 2.